The normalized spacial score (nSPS) is 34.1. The number of nitrogens with zero attached hydrogens (tertiary/aromatic N) is 2. The lowest BCUT2D eigenvalue weighted by Crippen LogP contribution is -2.45. The molecule has 4 heteroatoms. The maximum absolute atomic E-state index is 12.3. The van der Waals surface area contributed by atoms with Gasteiger partial charge < -0.3 is 10.0 Å². The Morgan fingerprint density at radius 1 is 1.26 bits per heavy atom. The van der Waals surface area contributed by atoms with E-state index in [2.05, 4.69) is 11.8 Å². The van der Waals surface area contributed by atoms with E-state index in [0.29, 0.717) is 12.5 Å². The molecule has 2 aliphatic rings. The van der Waals surface area contributed by atoms with Crippen molar-refractivity contribution in [2.75, 3.05) is 32.7 Å². The maximum Gasteiger partial charge on any atom is 0.236 e. The molecule has 0 spiro atoms. The summed E-state index contributed by atoms with van der Waals surface area (Å²) in [5, 5.41) is 10.1. The summed E-state index contributed by atoms with van der Waals surface area (Å²) in [4.78, 5) is 16.5. The number of carbonyl (C=O) groups excluding carboxylic acids is 1. The van der Waals surface area contributed by atoms with Crippen LogP contribution in [-0.4, -0.2) is 59.1 Å². The minimum Gasteiger partial charge on any atom is -0.390 e. The first-order valence-corrected chi connectivity index (χ1v) is 7.69. The van der Waals surface area contributed by atoms with E-state index in [9.17, 15) is 9.90 Å². The van der Waals surface area contributed by atoms with Gasteiger partial charge in [-0.3, -0.25) is 9.69 Å². The Balaban J connectivity index is 1.81. The highest BCUT2D eigenvalue weighted by atomic mass is 16.3. The van der Waals surface area contributed by atoms with Crippen molar-refractivity contribution in [2.45, 2.75) is 51.6 Å². The van der Waals surface area contributed by atoms with Gasteiger partial charge in [0.25, 0.3) is 0 Å². The number of hydrogen-bond donors (Lipinski definition) is 1. The van der Waals surface area contributed by atoms with Crippen LogP contribution in [0.3, 0.4) is 0 Å². The molecule has 110 valence electrons. The lowest BCUT2D eigenvalue weighted by Gasteiger charge is -2.32. The van der Waals surface area contributed by atoms with Crippen LogP contribution in [0.25, 0.3) is 0 Å². The smallest absolute Gasteiger partial charge is 0.236 e. The highest BCUT2D eigenvalue weighted by Crippen LogP contribution is 2.21. The summed E-state index contributed by atoms with van der Waals surface area (Å²) in [7, 11) is 0. The standard InChI is InChI=1S/C15H28N2O2/c1-13-5-3-9-17(11-13)14(18)12-16-8-4-6-15(2,19)7-10-16/h13,19H,3-12H2,1-2H3. The topological polar surface area (TPSA) is 43.8 Å². The number of piperidine rings is 1. The SMILES string of the molecule is CC1CCCN(C(=O)CN2CCCC(C)(O)CC2)C1. The summed E-state index contributed by atoms with van der Waals surface area (Å²) >= 11 is 0. The number of hydrogen-bond acceptors (Lipinski definition) is 3. The number of amides is 1. The first-order valence-electron chi connectivity index (χ1n) is 7.69. The number of carbonyl (C=O) groups is 1. The van der Waals surface area contributed by atoms with Crippen LogP contribution in [0.4, 0.5) is 0 Å². The quantitative estimate of drug-likeness (QED) is 0.825. The van der Waals surface area contributed by atoms with Gasteiger partial charge in [0, 0.05) is 19.6 Å². The molecule has 2 heterocycles. The van der Waals surface area contributed by atoms with Crippen molar-refractivity contribution in [1.29, 1.82) is 0 Å². The molecule has 19 heavy (non-hydrogen) atoms. The Bertz CT molecular complexity index is 317. The zero-order valence-electron chi connectivity index (χ0n) is 12.4. The average molecular weight is 268 g/mol. The summed E-state index contributed by atoms with van der Waals surface area (Å²) in [6.07, 6.45) is 4.99. The average Bonchev–Trinajstić information content (AvgIpc) is 2.51. The van der Waals surface area contributed by atoms with Gasteiger partial charge in [-0.1, -0.05) is 6.92 Å². The fourth-order valence-corrected chi connectivity index (χ4v) is 3.18. The summed E-state index contributed by atoms with van der Waals surface area (Å²) in [5.74, 6) is 0.913. The summed E-state index contributed by atoms with van der Waals surface area (Å²) in [6, 6.07) is 0. The number of rotatable bonds is 2. The lowest BCUT2D eigenvalue weighted by molar-refractivity contribution is -0.134. The molecule has 0 aliphatic carbocycles. The van der Waals surface area contributed by atoms with Crippen LogP contribution in [0.1, 0.15) is 46.0 Å². The number of aliphatic hydroxyl groups is 1. The third-order valence-electron chi connectivity index (χ3n) is 4.52. The van der Waals surface area contributed by atoms with Crippen molar-refractivity contribution in [3.63, 3.8) is 0 Å². The highest BCUT2D eigenvalue weighted by molar-refractivity contribution is 5.78. The van der Waals surface area contributed by atoms with Crippen molar-refractivity contribution >= 4 is 5.91 Å². The van der Waals surface area contributed by atoms with Crippen LogP contribution in [-0.2, 0) is 4.79 Å². The Hall–Kier alpha value is -0.610. The van der Waals surface area contributed by atoms with Gasteiger partial charge in [-0.25, -0.2) is 0 Å². The Labute approximate surface area is 116 Å². The maximum atomic E-state index is 12.3. The molecule has 0 radical (unpaired) electrons. The van der Waals surface area contributed by atoms with Gasteiger partial charge in [0.15, 0.2) is 0 Å². The second kappa shape index (κ2) is 6.23. The van der Waals surface area contributed by atoms with Crippen molar-refractivity contribution < 1.29 is 9.90 Å². The minimum absolute atomic E-state index is 0.271. The zero-order valence-corrected chi connectivity index (χ0v) is 12.4. The van der Waals surface area contributed by atoms with E-state index in [1.165, 1.54) is 6.42 Å². The molecule has 2 atom stereocenters. The van der Waals surface area contributed by atoms with Crippen LogP contribution >= 0.6 is 0 Å². The lowest BCUT2D eigenvalue weighted by atomic mass is 9.98. The number of likely N-dealkylation sites (tertiary alicyclic amines) is 2. The molecular weight excluding hydrogens is 240 g/mol. The predicted octanol–water partition coefficient (Wildman–Crippen LogP) is 1.48. The molecule has 1 amide bonds. The molecule has 1 N–H and O–H groups in total. The second-order valence-electron chi connectivity index (χ2n) is 6.71. The monoisotopic (exact) mass is 268 g/mol. The molecular formula is C15H28N2O2. The van der Waals surface area contributed by atoms with E-state index in [-0.39, 0.29) is 5.91 Å². The second-order valence-corrected chi connectivity index (χ2v) is 6.71. The van der Waals surface area contributed by atoms with Crippen molar-refractivity contribution in [1.82, 2.24) is 9.80 Å². The molecule has 0 aromatic carbocycles. The Kier molecular flexibility index (Phi) is 4.85. The molecule has 2 saturated heterocycles. The largest absolute Gasteiger partial charge is 0.390 e. The molecule has 0 aromatic rings. The molecule has 2 rings (SSSR count). The first kappa shape index (κ1) is 14.8. The van der Waals surface area contributed by atoms with Crippen LogP contribution in [0, 0.1) is 5.92 Å². The van der Waals surface area contributed by atoms with Crippen molar-refractivity contribution in [3.05, 3.63) is 0 Å². The molecule has 2 aliphatic heterocycles. The highest BCUT2D eigenvalue weighted by Gasteiger charge is 2.27. The van der Waals surface area contributed by atoms with Gasteiger partial charge in [0.05, 0.1) is 12.1 Å². The van der Waals surface area contributed by atoms with Crippen molar-refractivity contribution in [3.8, 4) is 0 Å². The van der Waals surface area contributed by atoms with Gasteiger partial charge >= 0.3 is 0 Å². The summed E-state index contributed by atoms with van der Waals surface area (Å²) < 4.78 is 0. The third kappa shape index (κ3) is 4.46. The van der Waals surface area contributed by atoms with Gasteiger partial charge in [0.2, 0.25) is 5.91 Å². The molecule has 0 aromatic heterocycles. The minimum atomic E-state index is -0.544. The molecule has 2 fully saturated rings. The van der Waals surface area contributed by atoms with Crippen LogP contribution in [0.15, 0.2) is 0 Å². The van der Waals surface area contributed by atoms with E-state index in [0.717, 1.165) is 51.9 Å². The van der Waals surface area contributed by atoms with E-state index in [4.69, 9.17) is 0 Å². The van der Waals surface area contributed by atoms with Gasteiger partial charge in [0.1, 0.15) is 0 Å². The summed E-state index contributed by atoms with van der Waals surface area (Å²) in [5.41, 5.74) is -0.544. The summed E-state index contributed by atoms with van der Waals surface area (Å²) in [6.45, 7) is 8.28. The van der Waals surface area contributed by atoms with Crippen molar-refractivity contribution in [2.24, 2.45) is 5.92 Å². The Morgan fingerprint density at radius 3 is 2.79 bits per heavy atom. The zero-order chi connectivity index (χ0) is 13.9. The fraction of sp³-hybridized carbons (Fsp3) is 0.933. The van der Waals surface area contributed by atoms with Crippen LogP contribution in [0.5, 0.6) is 0 Å². The van der Waals surface area contributed by atoms with Gasteiger partial charge in [-0.2, -0.15) is 0 Å². The predicted molar refractivity (Wildman–Crippen MR) is 75.9 cm³/mol. The molecule has 0 bridgehead atoms. The van der Waals surface area contributed by atoms with E-state index >= 15 is 0 Å². The Morgan fingerprint density at radius 2 is 2.05 bits per heavy atom. The molecule has 2 unspecified atom stereocenters. The van der Waals surface area contributed by atoms with Gasteiger partial charge in [-0.15, -0.1) is 0 Å². The van der Waals surface area contributed by atoms with Crippen LogP contribution in [0.2, 0.25) is 0 Å². The van der Waals surface area contributed by atoms with E-state index in [1.54, 1.807) is 0 Å². The van der Waals surface area contributed by atoms with E-state index < -0.39 is 5.60 Å². The van der Waals surface area contributed by atoms with Crippen LogP contribution < -0.4 is 0 Å². The van der Waals surface area contributed by atoms with E-state index in [1.807, 2.05) is 11.8 Å². The molecule has 4 nitrogen and oxygen atoms in total. The third-order valence-corrected chi connectivity index (χ3v) is 4.52. The molecule has 0 saturated carbocycles. The van der Waals surface area contributed by atoms with Gasteiger partial charge in [-0.05, 0) is 51.5 Å². The fourth-order valence-electron chi connectivity index (χ4n) is 3.18. The first-order chi connectivity index (χ1) is 8.96.